The maximum atomic E-state index is 13.0. The van der Waals surface area contributed by atoms with Crippen molar-refractivity contribution in [3.05, 3.63) is 93.6 Å². The molecule has 0 bridgehead atoms. The van der Waals surface area contributed by atoms with E-state index in [0.29, 0.717) is 46.0 Å². The van der Waals surface area contributed by atoms with Gasteiger partial charge in [-0.05, 0) is 84.4 Å². The molecule has 3 aromatic rings. The summed E-state index contributed by atoms with van der Waals surface area (Å²) >= 11 is 6.91. The van der Waals surface area contributed by atoms with E-state index in [2.05, 4.69) is 0 Å². The van der Waals surface area contributed by atoms with Gasteiger partial charge in [0.2, 0.25) is 0 Å². The van der Waals surface area contributed by atoms with E-state index in [0.717, 1.165) is 22.2 Å². The smallest absolute Gasteiger partial charge is 0.293 e. The Labute approximate surface area is 217 Å². The Balaban J connectivity index is 1.41. The van der Waals surface area contributed by atoms with Crippen LogP contribution >= 0.6 is 23.4 Å². The molecule has 1 heterocycles. The van der Waals surface area contributed by atoms with E-state index < -0.39 is 5.91 Å². The number of nitrogens with zero attached hydrogens (tertiary/aromatic N) is 1. The van der Waals surface area contributed by atoms with Crippen molar-refractivity contribution in [3.63, 3.8) is 0 Å². The van der Waals surface area contributed by atoms with Crippen LogP contribution in [0.1, 0.15) is 18.1 Å². The molecule has 0 aromatic heterocycles. The third-order valence-electron chi connectivity index (χ3n) is 5.12. The van der Waals surface area contributed by atoms with Crippen LogP contribution in [0.15, 0.2) is 71.6 Å². The van der Waals surface area contributed by atoms with E-state index in [1.807, 2.05) is 25.1 Å². The summed E-state index contributed by atoms with van der Waals surface area (Å²) in [4.78, 5) is 26.7. The summed E-state index contributed by atoms with van der Waals surface area (Å²) in [6.07, 6.45) is 1.65. The number of thioether (sulfide) groups is 1. The molecule has 0 radical (unpaired) electrons. The molecule has 2 amide bonds. The number of hydrogen-bond donors (Lipinski definition) is 0. The molecule has 1 aliphatic rings. The molecule has 3 aromatic carbocycles. The van der Waals surface area contributed by atoms with Gasteiger partial charge in [-0.1, -0.05) is 29.8 Å². The second-order valence-corrected chi connectivity index (χ2v) is 9.12. The number of rotatable bonds is 10. The predicted molar refractivity (Wildman–Crippen MR) is 138 cm³/mol. The first-order chi connectivity index (χ1) is 17.4. The van der Waals surface area contributed by atoms with Crippen molar-refractivity contribution in [2.45, 2.75) is 13.5 Å². The molecule has 0 atom stereocenters. The lowest BCUT2D eigenvalue weighted by Crippen LogP contribution is -2.32. The topological polar surface area (TPSA) is 65.1 Å². The number of hydrogen-bond acceptors (Lipinski definition) is 6. The first-order valence-corrected chi connectivity index (χ1v) is 12.4. The maximum absolute atomic E-state index is 13.0. The van der Waals surface area contributed by atoms with E-state index >= 15 is 0 Å². The monoisotopic (exact) mass is 527 g/mol. The highest BCUT2D eigenvalue weighted by Crippen LogP contribution is 2.35. The van der Waals surface area contributed by atoms with Crippen LogP contribution in [0.4, 0.5) is 9.18 Å². The van der Waals surface area contributed by atoms with E-state index in [1.165, 1.54) is 24.3 Å². The molecule has 0 spiro atoms. The molecule has 0 saturated carbocycles. The Morgan fingerprint density at radius 2 is 1.78 bits per heavy atom. The van der Waals surface area contributed by atoms with E-state index in [1.54, 1.807) is 30.3 Å². The Kier molecular flexibility index (Phi) is 8.51. The number of halogens is 2. The summed E-state index contributed by atoms with van der Waals surface area (Å²) in [5.74, 6) is 0.777. The zero-order valence-electron chi connectivity index (χ0n) is 19.4. The zero-order chi connectivity index (χ0) is 25.5. The van der Waals surface area contributed by atoms with Crippen LogP contribution in [-0.4, -0.2) is 35.8 Å². The Morgan fingerprint density at radius 1 is 0.972 bits per heavy atom. The fourth-order valence-corrected chi connectivity index (χ4v) is 4.50. The number of amides is 2. The summed E-state index contributed by atoms with van der Waals surface area (Å²) in [6.45, 7) is 2.80. The molecular formula is C27H23ClFNO5S. The van der Waals surface area contributed by atoms with Gasteiger partial charge in [0.15, 0.2) is 11.5 Å². The number of ether oxygens (including phenoxy) is 3. The van der Waals surface area contributed by atoms with Gasteiger partial charge >= 0.3 is 0 Å². The van der Waals surface area contributed by atoms with Gasteiger partial charge in [-0.25, -0.2) is 4.39 Å². The standard InChI is InChI=1S/C27H23ClFNO5S/c1-2-33-24-15-18(6-11-23(24)35-17-19-4-3-5-20(28)14-19)16-25-26(31)30(27(32)36-25)12-13-34-22-9-7-21(29)8-10-22/h3-11,14-16H,2,12-13,17H2,1H3/b25-16-. The van der Waals surface area contributed by atoms with E-state index in [9.17, 15) is 14.0 Å². The third-order valence-corrected chi connectivity index (χ3v) is 6.26. The van der Waals surface area contributed by atoms with Gasteiger partial charge in [0.25, 0.3) is 11.1 Å². The molecule has 4 rings (SSSR count). The van der Waals surface area contributed by atoms with Crippen molar-refractivity contribution in [1.29, 1.82) is 0 Å². The summed E-state index contributed by atoms with van der Waals surface area (Å²) in [7, 11) is 0. The van der Waals surface area contributed by atoms with Crippen LogP contribution in [0, 0.1) is 5.82 Å². The molecule has 186 valence electrons. The molecule has 0 unspecified atom stereocenters. The van der Waals surface area contributed by atoms with E-state index in [-0.39, 0.29) is 24.2 Å². The minimum Gasteiger partial charge on any atom is -0.492 e. The second kappa shape index (κ2) is 12.0. The molecule has 9 heteroatoms. The molecule has 1 aliphatic heterocycles. The molecule has 36 heavy (non-hydrogen) atoms. The number of carbonyl (C=O) groups is 2. The second-order valence-electron chi connectivity index (χ2n) is 7.69. The summed E-state index contributed by atoms with van der Waals surface area (Å²) < 4.78 is 30.2. The highest BCUT2D eigenvalue weighted by Gasteiger charge is 2.34. The van der Waals surface area contributed by atoms with Crippen LogP contribution in [-0.2, 0) is 11.4 Å². The van der Waals surface area contributed by atoms with Gasteiger partial charge in [-0.3, -0.25) is 14.5 Å². The molecule has 0 aliphatic carbocycles. The van der Waals surface area contributed by atoms with Crippen molar-refractivity contribution in [3.8, 4) is 17.2 Å². The summed E-state index contributed by atoms with van der Waals surface area (Å²) in [6, 6.07) is 18.3. The average molecular weight is 528 g/mol. The number of imide groups is 1. The first-order valence-electron chi connectivity index (χ1n) is 11.2. The number of carbonyl (C=O) groups excluding carboxylic acids is 2. The Morgan fingerprint density at radius 3 is 2.53 bits per heavy atom. The minimum absolute atomic E-state index is 0.0832. The average Bonchev–Trinajstić information content (AvgIpc) is 3.12. The van der Waals surface area contributed by atoms with Gasteiger partial charge in [0, 0.05) is 5.02 Å². The van der Waals surface area contributed by atoms with Crippen LogP contribution < -0.4 is 14.2 Å². The SMILES string of the molecule is CCOc1cc(/C=C2\SC(=O)N(CCOc3ccc(F)cc3)C2=O)ccc1OCc1cccc(Cl)c1. The normalized spacial score (nSPS) is 14.4. The summed E-state index contributed by atoms with van der Waals surface area (Å²) in [5.41, 5.74) is 1.62. The number of benzene rings is 3. The highest BCUT2D eigenvalue weighted by molar-refractivity contribution is 8.18. The van der Waals surface area contributed by atoms with Gasteiger partial charge < -0.3 is 14.2 Å². The molecule has 6 nitrogen and oxygen atoms in total. The molecule has 1 fully saturated rings. The van der Waals surface area contributed by atoms with Gasteiger partial charge in [-0.15, -0.1) is 0 Å². The fourth-order valence-electron chi connectivity index (χ4n) is 3.42. The Bertz CT molecular complexity index is 1280. The van der Waals surface area contributed by atoms with Crippen molar-refractivity contribution in [2.75, 3.05) is 19.8 Å². The van der Waals surface area contributed by atoms with E-state index in [4.69, 9.17) is 25.8 Å². The van der Waals surface area contributed by atoms with Crippen molar-refractivity contribution >= 4 is 40.6 Å². The first kappa shape index (κ1) is 25.6. The van der Waals surface area contributed by atoms with Crippen LogP contribution in [0.25, 0.3) is 6.08 Å². The summed E-state index contributed by atoms with van der Waals surface area (Å²) in [5, 5.41) is 0.257. The highest BCUT2D eigenvalue weighted by atomic mass is 35.5. The predicted octanol–water partition coefficient (Wildman–Crippen LogP) is 6.57. The van der Waals surface area contributed by atoms with Crippen molar-refractivity contribution in [1.82, 2.24) is 4.90 Å². The van der Waals surface area contributed by atoms with Gasteiger partial charge in [-0.2, -0.15) is 0 Å². The zero-order valence-corrected chi connectivity index (χ0v) is 21.0. The van der Waals surface area contributed by atoms with Crippen molar-refractivity contribution < 1.29 is 28.2 Å². The minimum atomic E-state index is -0.396. The molecular weight excluding hydrogens is 505 g/mol. The third kappa shape index (κ3) is 6.59. The fraction of sp³-hybridized carbons (Fsp3) is 0.185. The lowest BCUT2D eigenvalue weighted by Gasteiger charge is -2.13. The molecule has 1 saturated heterocycles. The van der Waals surface area contributed by atoms with Crippen LogP contribution in [0.3, 0.4) is 0 Å². The lowest BCUT2D eigenvalue weighted by molar-refractivity contribution is -0.123. The van der Waals surface area contributed by atoms with Crippen LogP contribution in [0.5, 0.6) is 17.2 Å². The van der Waals surface area contributed by atoms with Crippen molar-refractivity contribution in [2.24, 2.45) is 0 Å². The molecule has 0 N–H and O–H groups in total. The van der Waals surface area contributed by atoms with Crippen LogP contribution in [0.2, 0.25) is 5.02 Å². The van der Waals surface area contributed by atoms with Gasteiger partial charge in [0.05, 0.1) is 18.1 Å². The maximum Gasteiger partial charge on any atom is 0.293 e. The quantitative estimate of drug-likeness (QED) is 0.278. The van der Waals surface area contributed by atoms with Gasteiger partial charge in [0.1, 0.15) is 24.8 Å². The Hall–Kier alpha value is -3.49. The lowest BCUT2D eigenvalue weighted by atomic mass is 10.1. The largest absolute Gasteiger partial charge is 0.492 e.